The summed E-state index contributed by atoms with van der Waals surface area (Å²) < 4.78 is 23.8. The summed E-state index contributed by atoms with van der Waals surface area (Å²) in [7, 11) is -1.90. The van der Waals surface area contributed by atoms with E-state index in [1.54, 1.807) is 6.07 Å². The van der Waals surface area contributed by atoms with Gasteiger partial charge < -0.3 is 41.0 Å². The normalized spacial score (nSPS) is 11.1. The summed E-state index contributed by atoms with van der Waals surface area (Å²) in [6.07, 6.45) is 6.02. The van der Waals surface area contributed by atoms with Crippen LogP contribution in [0.3, 0.4) is 0 Å². The summed E-state index contributed by atoms with van der Waals surface area (Å²) in [6, 6.07) is 44.2. The number of allylic oxidation sites excluding steroid dienone is 2. The molecule has 0 saturated carbocycles. The average Bonchev–Trinajstić information content (AvgIpc) is 3.16. The van der Waals surface area contributed by atoms with Crippen LogP contribution in [0.5, 0.6) is 11.5 Å². The molecule has 0 atom stereocenters. The first-order valence-corrected chi connectivity index (χ1v) is 19.2. The lowest BCUT2D eigenvalue weighted by Crippen LogP contribution is -3.00. The maximum absolute atomic E-state index is 10.5. The zero-order chi connectivity index (χ0) is 34.9. The van der Waals surface area contributed by atoms with E-state index in [1.807, 2.05) is 42.5 Å². The Balaban J connectivity index is 0.00000583. The standard InChI is InChI=1S/C44H47O5P.BrH/c1-3-14-36-22-24-43(45)42(34-36)37-23-25-44(38(35-37)15-4-2)49-31-30-47-27-26-46-28-29-48-32-33-50(39-16-8-5-9-17-39,40-18-10-6-11-19-40)41-20-12-7-13-21-41;/h3-13,16-25,34-35H,1-2,14-15,26-33H2;1H. The zero-order valence-corrected chi connectivity index (χ0v) is 31.7. The molecular weight excluding hydrogens is 719 g/mol. The van der Waals surface area contributed by atoms with Crippen molar-refractivity contribution in [1.82, 2.24) is 0 Å². The van der Waals surface area contributed by atoms with Crippen LogP contribution in [0.2, 0.25) is 0 Å². The van der Waals surface area contributed by atoms with Crippen LogP contribution in [0, 0.1) is 0 Å². The van der Waals surface area contributed by atoms with Gasteiger partial charge in [0.1, 0.15) is 41.3 Å². The van der Waals surface area contributed by atoms with Crippen molar-refractivity contribution in [3.63, 3.8) is 0 Å². The van der Waals surface area contributed by atoms with E-state index in [1.165, 1.54) is 15.9 Å². The van der Waals surface area contributed by atoms with Gasteiger partial charge in [0.05, 0.1) is 45.8 Å². The maximum atomic E-state index is 10.5. The van der Waals surface area contributed by atoms with Gasteiger partial charge in [-0.3, -0.25) is 0 Å². The van der Waals surface area contributed by atoms with E-state index < -0.39 is 7.26 Å². The van der Waals surface area contributed by atoms with E-state index in [2.05, 4.69) is 104 Å². The van der Waals surface area contributed by atoms with Crippen molar-refractivity contribution < 1.29 is 41.0 Å². The summed E-state index contributed by atoms with van der Waals surface area (Å²) in [4.78, 5) is 0. The Labute approximate surface area is 314 Å². The van der Waals surface area contributed by atoms with Gasteiger partial charge in [0.2, 0.25) is 0 Å². The Morgan fingerprint density at radius 2 is 1.06 bits per heavy atom. The van der Waals surface area contributed by atoms with Gasteiger partial charge in [0.25, 0.3) is 0 Å². The lowest BCUT2D eigenvalue weighted by molar-refractivity contribution is -0.0000123. The summed E-state index contributed by atoms with van der Waals surface area (Å²) in [6.45, 7) is 11.2. The highest BCUT2D eigenvalue weighted by Crippen LogP contribution is 2.55. The molecule has 7 heteroatoms. The third-order valence-electron chi connectivity index (χ3n) is 8.57. The highest BCUT2D eigenvalue weighted by molar-refractivity contribution is 7.95. The van der Waals surface area contributed by atoms with Crippen molar-refractivity contribution in [2.75, 3.05) is 52.4 Å². The summed E-state index contributed by atoms with van der Waals surface area (Å²) in [5.41, 5.74) is 3.82. The topological polar surface area (TPSA) is 57.2 Å². The Bertz CT molecular complexity index is 1670. The molecule has 0 spiro atoms. The van der Waals surface area contributed by atoms with Gasteiger partial charge in [-0.05, 0) is 90.2 Å². The highest BCUT2D eigenvalue weighted by atomic mass is 79.9. The third-order valence-corrected chi connectivity index (χ3v) is 13.0. The molecule has 0 unspecified atom stereocenters. The number of rotatable bonds is 21. The number of benzene rings is 5. The van der Waals surface area contributed by atoms with Gasteiger partial charge >= 0.3 is 0 Å². The average molecular weight is 768 g/mol. The highest BCUT2D eigenvalue weighted by Gasteiger charge is 2.44. The number of ether oxygens (including phenoxy) is 4. The van der Waals surface area contributed by atoms with E-state index in [9.17, 15) is 5.11 Å². The van der Waals surface area contributed by atoms with Crippen LogP contribution in [0.1, 0.15) is 11.1 Å². The fourth-order valence-electron chi connectivity index (χ4n) is 6.15. The first-order valence-electron chi connectivity index (χ1n) is 17.2. The van der Waals surface area contributed by atoms with Crippen molar-refractivity contribution in [2.24, 2.45) is 0 Å². The fourth-order valence-corrected chi connectivity index (χ4v) is 10.3. The minimum absolute atomic E-state index is 0. The predicted octanol–water partition coefficient (Wildman–Crippen LogP) is 4.94. The van der Waals surface area contributed by atoms with Crippen molar-refractivity contribution >= 4 is 23.2 Å². The molecule has 0 fully saturated rings. The predicted molar refractivity (Wildman–Crippen MR) is 209 cm³/mol. The van der Waals surface area contributed by atoms with E-state index in [-0.39, 0.29) is 22.7 Å². The molecule has 5 aromatic rings. The second kappa shape index (κ2) is 21.4. The van der Waals surface area contributed by atoms with E-state index in [0.717, 1.165) is 40.6 Å². The van der Waals surface area contributed by atoms with Crippen molar-refractivity contribution in [1.29, 1.82) is 0 Å². The summed E-state index contributed by atoms with van der Waals surface area (Å²) >= 11 is 0. The molecule has 5 nitrogen and oxygen atoms in total. The van der Waals surface area contributed by atoms with E-state index in [4.69, 9.17) is 18.9 Å². The second-order valence-corrected chi connectivity index (χ2v) is 15.5. The molecule has 0 aliphatic heterocycles. The molecule has 0 heterocycles. The van der Waals surface area contributed by atoms with Gasteiger partial charge in [-0.25, -0.2) is 0 Å². The smallest absolute Gasteiger partial charge is 0.123 e. The fraction of sp³-hybridized carbons (Fsp3) is 0.227. The number of halogens is 1. The molecule has 0 radical (unpaired) electrons. The molecule has 0 aliphatic rings. The lowest BCUT2D eigenvalue weighted by atomic mass is 9.97. The maximum Gasteiger partial charge on any atom is 0.123 e. The first-order chi connectivity index (χ1) is 24.7. The van der Waals surface area contributed by atoms with Gasteiger partial charge in [-0.15, -0.1) is 13.2 Å². The molecule has 5 aromatic carbocycles. The molecule has 0 aliphatic carbocycles. The molecule has 1 N–H and O–H groups in total. The number of hydrogen-bond donors (Lipinski definition) is 1. The number of aromatic hydroxyl groups is 1. The third kappa shape index (κ3) is 11.0. The second-order valence-electron chi connectivity index (χ2n) is 11.9. The van der Waals surface area contributed by atoms with E-state index in [0.29, 0.717) is 52.7 Å². The summed E-state index contributed by atoms with van der Waals surface area (Å²) in [5, 5.41) is 14.6. The number of phenolic OH excluding ortho intramolecular Hbond substituents is 1. The largest absolute Gasteiger partial charge is 1.00 e. The molecule has 5 rings (SSSR count). The number of phenols is 1. The van der Waals surface area contributed by atoms with Crippen LogP contribution in [0.4, 0.5) is 0 Å². The van der Waals surface area contributed by atoms with Gasteiger partial charge in [-0.1, -0.05) is 78.9 Å². The first kappa shape index (κ1) is 39.8. The quantitative estimate of drug-likeness (QED) is 0.0652. The SMILES string of the molecule is C=CCc1ccc(O)c(-c2ccc(OCCOCCOCCOCC[P+](c3ccccc3)(c3ccccc3)c3ccccc3)c(CC=C)c2)c1.[Br-]. The molecule has 0 amide bonds. The Kier molecular flexibility index (Phi) is 16.6. The van der Waals surface area contributed by atoms with Crippen LogP contribution in [-0.2, 0) is 27.1 Å². The molecular formula is C44H48BrO5P. The molecule has 266 valence electrons. The molecule has 0 saturated heterocycles. The van der Waals surface area contributed by atoms with Gasteiger partial charge in [-0.2, -0.15) is 0 Å². The van der Waals surface area contributed by atoms with Gasteiger partial charge in [0.15, 0.2) is 0 Å². The van der Waals surface area contributed by atoms with Crippen LogP contribution in [0.25, 0.3) is 11.1 Å². The summed E-state index contributed by atoms with van der Waals surface area (Å²) in [5.74, 6) is 1.03. The Morgan fingerprint density at radius 1 is 0.549 bits per heavy atom. The zero-order valence-electron chi connectivity index (χ0n) is 29.2. The van der Waals surface area contributed by atoms with Crippen LogP contribution in [0.15, 0.2) is 153 Å². The lowest BCUT2D eigenvalue weighted by Gasteiger charge is -2.27. The van der Waals surface area contributed by atoms with Crippen LogP contribution >= 0.6 is 7.26 Å². The van der Waals surface area contributed by atoms with Crippen molar-refractivity contribution in [2.45, 2.75) is 12.8 Å². The van der Waals surface area contributed by atoms with Crippen LogP contribution < -0.4 is 37.6 Å². The Morgan fingerprint density at radius 3 is 1.59 bits per heavy atom. The van der Waals surface area contributed by atoms with E-state index >= 15 is 0 Å². The Hall–Kier alpha value is -4.03. The monoisotopic (exact) mass is 766 g/mol. The van der Waals surface area contributed by atoms with Crippen LogP contribution in [-0.4, -0.2) is 57.5 Å². The van der Waals surface area contributed by atoms with Gasteiger partial charge in [0, 0.05) is 5.56 Å². The molecule has 51 heavy (non-hydrogen) atoms. The minimum Gasteiger partial charge on any atom is -1.00 e. The minimum atomic E-state index is -1.90. The number of hydrogen-bond acceptors (Lipinski definition) is 5. The van der Waals surface area contributed by atoms with Crippen molar-refractivity contribution in [3.05, 3.63) is 164 Å². The molecule has 0 aromatic heterocycles. The molecule has 0 bridgehead atoms. The van der Waals surface area contributed by atoms with Crippen molar-refractivity contribution in [3.8, 4) is 22.6 Å².